The van der Waals surface area contributed by atoms with Gasteiger partial charge in [0, 0.05) is 31.7 Å². The second-order valence-electron chi connectivity index (χ2n) is 4.11. The molecule has 0 saturated heterocycles. The van der Waals surface area contributed by atoms with E-state index in [1.54, 1.807) is 0 Å². The molecule has 0 fully saturated rings. The smallest absolute Gasteiger partial charge is 0.253 e. The lowest BCUT2D eigenvalue weighted by Crippen LogP contribution is -2.32. The first-order valence-corrected chi connectivity index (χ1v) is 6.97. The van der Waals surface area contributed by atoms with E-state index in [1.807, 2.05) is 0 Å². The predicted molar refractivity (Wildman–Crippen MR) is 71.9 cm³/mol. The van der Waals surface area contributed by atoms with Gasteiger partial charge in [0.2, 0.25) is 5.91 Å². The third kappa shape index (κ3) is 4.96. The van der Waals surface area contributed by atoms with Crippen molar-refractivity contribution in [2.45, 2.75) is 25.7 Å². The lowest BCUT2D eigenvalue weighted by atomic mass is 10.2. The topological polar surface area (TPSA) is 66.5 Å². The van der Waals surface area contributed by atoms with E-state index in [9.17, 15) is 14.4 Å². The van der Waals surface area contributed by atoms with Gasteiger partial charge >= 0.3 is 0 Å². The van der Waals surface area contributed by atoms with Crippen molar-refractivity contribution in [3.8, 4) is 0 Å². The Morgan fingerprint density at radius 3 is 2.44 bits per heavy atom. The molecule has 0 aromatic carbocycles. The summed E-state index contributed by atoms with van der Waals surface area (Å²) in [5.41, 5.74) is 0. The summed E-state index contributed by atoms with van der Waals surface area (Å²) in [6.07, 6.45) is 6.46. The molecule has 1 N–H and O–H groups in total. The summed E-state index contributed by atoms with van der Waals surface area (Å²) in [6, 6.07) is 0. The number of carbonyl (C=O) groups is 3. The minimum Gasteiger partial charge on any atom is -0.356 e. The van der Waals surface area contributed by atoms with Gasteiger partial charge in [0.15, 0.2) is 0 Å². The van der Waals surface area contributed by atoms with Crippen LogP contribution >= 0.6 is 9.24 Å². The van der Waals surface area contributed by atoms with Gasteiger partial charge in [-0.1, -0.05) is 0 Å². The quantitative estimate of drug-likeness (QED) is 0.396. The summed E-state index contributed by atoms with van der Waals surface area (Å²) in [5.74, 6) is -0.604. The molecule has 5 nitrogen and oxygen atoms in total. The van der Waals surface area contributed by atoms with E-state index in [2.05, 4.69) is 14.6 Å². The fraction of sp³-hybridized carbons (Fsp3) is 0.583. The molecule has 1 unspecified atom stereocenters. The fourth-order valence-corrected chi connectivity index (χ4v) is 1.92. The predicted octanol–water partition coefficient (Wildman–Crippen LogP) is 0.463. The number of nitrogens with one attached hydrogen (secondary N) is 1. The Morgan fingerprint density at radius 1 is 1.17 bits per heavy atom. The highest BCUT2D eigenvalue weighted by atomic mass is 31.0. The van der Waals surface area contributed by atoms with Crippen molar-refractivity contribution < 1.29 is 14.4 Å². The Hall–Kier alpha value is -1.22. The largest absolute Gasteiger partial charge is 0.356 e. The molecule has 100 valence electrons. The Bertz CT molecular complexity index is 337. The SMILES string of the molecule is O=C(CCCN1C(=O)C=CC1=O)NCCCCP. The highest BCUT2D eigenvalue weighted by molar-refractivity contribution is 7.16. The van der Waals surface area contributed by atoms with Crippen molar-refractivity contribution in [3.63, 3.8) is 0 Å². The highest BCUT2D eigenvalue weighted by Gasteiger charge is 2.22. The van der Waals surface area contributed by atoms with Crippen LogP contribution in [0, 0.1) is 0 Å². The molecule has 1 aliphatic heterocycles. The molecule has 0 radical (unpaired) electrons. The maximum absolute atomic E-state index is 11.4. The van der Waals surface area contributed by atoms with Crippen molar-refractivity contribution in [2.75, 3.05) is 19.3 Å². The first-order valence-electron chi connectivity index (χ1n) is 6.15. The molecule has 0 spiro atoms. The van der Waals surface area contributed by atoms with Gasteiger partial charge in [-0.3, -0.25) is 19.3 Å². The average Bonchev–Trinajstić information content (AvgIpc) is 2.66. The summed E-state index contributed by atoms with van der Waals surface area (Å²) in [4.78, 5) is 35.0. The molecule has 1 aliphatic rings. The minimum absolute atomic E-state index is 0.0224. The van der Waals surface area contributed by atoms with Gasteiger partial charge in [0.25, 0.3) is 11.8 Å². The van der Waals surface area contributed by atoms with Crippen LogP contribution in [0.1, 0.15) is 25.7 Å². The molecular formula is C12H19N2O3P. The summed E-state index contributed by atoms with van der Waals surface area (Å²) >= 11 is 0. The number of unbranched alkanes of at least 4 members (excludes halogenated alkanes) is 1. The summed E-state index contributed by atoms with van der Waals surface area (Å²) in [5, 5.41) is 2.81. The number of nitrogens with zero attached hydrogens (tertiary/aromatic N) is 1. The molecule has 18 heavy (non-hydrogen) atoms. The third-order valence-electron chi connectivity index (χ3n) is 2.64. The van der Waals surface area contributed by atoms with Gasteiger partial charge in [-0.2, -0.15) is 0 Å². The molecule has 0 aromatic heterocycles. The zero-order valence-electron chi connectivity index (χ0n) is 10.4. The number of amides is 3. The molecule has 0 aliphatic carbocycles. The molecule has 1 rings (SSSR count). The van der Waals surface area contributed by atoms with Gasteiger partial charge in [0.05, 0.1) is 0 Å². The van der Waals surface area contributed by atoms with E-state index in [4.69, 9.17) is 0 Å². The van der Waals surface area contributed by atoms with Crippen molar-refractivity contribution in [3.05, 3.63) is 12.2 Å². The summed E-state index contributed by atoms with van der Waals surface area (Å²) in [7, 11) is 2.65. The fourth-order valence-electron chi connectivity index (χ4n) is 1.63. The van der Waals surface area contributed by atoms with Crippen LogP contribution in [-0.4, -0.2) is 41.9 Å². The van der Waals surface area contributed by atoms with E-state index in [0.29, 0.717) is 25.9 Å². The van der Waals surface area contributed by atoms with E-state index in [0.717, 1.165) is 23.9 Å². The highest BCUT2D eigenvalue weighted by Crippen LogP contribution is 2.05. The molecule has 1 heterocycles. The normalized spacial score (nSPS) is 14.4. The van der Waals surface area contributed by atoms with Crippen LogP contribution < -0.4 is 5.32 Å². The number of hydrogen-bond acceptors (Lipinski definition) is 3. The van der Waals surface area contributed by atoms with Crippen molar-refractivity contribution >= 4 is 27.0 Å². The second-order valence-corrected chi connectivity index (χ2v) is 4.69. The van der Waals surface area contributed by atoms with E-state index >= 15 is 0 Å². The lowest BCUT2D eigenvalue weighted by Gasteiger charge is -2.13. The van der Waals surface area contributed by atoms with E-state index < -0.39 is 0 Å². The van der Waals surface area contributed by atoms with Crippen molar-refractivity contribution in [1.29, 1.82) is 0 Å². The van der Waals surface area contributed by atoms with E-state index in [1.165, 1.54) is 12.2 Å². The van der Waals surface area contributed by atoms with Gasteiger partial charge in [-0.15, -0.1) is 9.24 Å². The number of rotatable bonds is 8. The maximum Gasteiger partial charge on any atom is 0.253 e. The Kier molecular flexibility index (Phi) is 6.58. The summed E-state index contributed by atoms with van der Waals surface area (Å²) in [6.45, 7) is 1.00. The number of hydrogen-bond donors (Lipinski definition) is 1. The third-order valence-corrected chi connectivity index (χ3v) is 3.05. The molecule has 0 bridgehead atoms. The zero-order chi connectivity index (χ0) is 13.4. The monoisotopic (exact) mass is 270 g/mol. The molecule has 3 amide bonds. The van der Waals surface area contributed by atoms with Gasteiger partial charge < -0.3 is 5.32 Å². The van der Waals surface area contributed by atoms with Crippen LogP contribution in [0.2, 0.25) is 0 Å². The molecule has 0 saturated carbocycles. The van der Waals surface area contributed by atoms with Crippen LogP contribution in [0.15, 0.2) is 12.2 Å². The Balaban J connectivity index is 2.09. The van der Waals surface area contributed by atoms with Gasteiger partial charge in [-0.25, -0.2) is 0 Å². The standard InChI is InChI=1S/C12H19N2O3P/c15-10(13-7-1-2-9-18)4-3-8-14-11(16)5-6-12(14)17/h5-6H,1-4,7-9,18H2,(H,13,15). The summed E-state index contributed by atoms with van der Waals surface area (Å²) < 4.78 is 0. The first kappa shape index (κ1) is 14.8. The minimum atomic E-state index is -0.291. The van der Waals surface area contributed by atoms with Crippen LogP contribution in [-0.2, 0) is 14.4 Å². The average molecular weight is 270 g/mol. The molecule has 1 atom stereocenters. The van der Waals surface area contributed by atoms with Gasteiger partial charge in [0.1, 0.15) is 0 Å². The number of carbonyl (C=O) groups excluding carboxylic acids is 3. The zero-order valence-corrected chi connectivity index (χ0v) is 11.5. The Labute approximate surface area is 109 Å². The first-order chi connectivity index (χ1) is 8.65. The molecule has 0 aromatic rings. The van der Waals surface area contributed by atoms with Crippen LogP contribution in [0.5, 0.6) is 0 Å². The molecule has 6 heteroatoms. The van der Waals surface area contributed by atoms with Gasteiger partial charge in [-0.05, 0) is 25.4 Å². The van der Waals surface area contributed by atoms with Crippen molar-refractivity contribution in [1.82, 2.24) is 10.2 Å². The maximum atomic E-state index is 11.4. The lowest BCUT2D eigenvalue weighted by molar-refractivity contribution is -0.137. The molecular weight excluding hydrogens is 251 g/mol. The second kappa shape index (κ2) is 7.98. The van der Waals surface area contributed by atoms with Crippen LogP contribution in [0.25, 0.3) is 0 Å². The number of imide groups is 1. The van der Waals surface area contributed by atoms with E-state index in [-0.39, 0.29) is 17.7 Å². The van der Waals surface area contributed by atoms with Crippen LogP contribution in [0.3, 0.4) is 0 Å². The van der Waals surface area contributed by atoms with Crippen LogP contribution in [0.4, 0.5) is 0 Å². The van der Waals surface area contributed by atoms with Crippen molar-refractivity contribution in [2.24, 2.45) is 0 Å². The Morgan fingerprint density at radius 2 is 1.83 bits per heavy atom.